The van der Waals surface area contributed by atoms with Crippen LogP contribution in [0.3, 0.4) is 0 Å². The highest BCUT2D eigenvalue weighted by Gasteiger charge is 2.26. The van der Waals surface area contributed by atoms with Crippen molar-refractivity contribution in [3.63, 3.8) is 0 Å². The average Bonchev–Trinajstić information content (AvgIpc) is 2.42. The summed E-state index contributed by atoms with van der Waals surface area (Å²) in [6, 6.07) is 8.52. The van der Waals surface area contributed by atoms with Crippen molar-refractivity contribution >= 4 is 21.1 Å². The van der Waals surface area contributed by atoms with Crippen LogP contribution < -0.4 is 0 Å². The highest BCUT2D eigenvalue weighted by Crippen LogP contribution is 2.41. The standard InChI is InChI=1S/C16H25ClSi/c1-3-16(18-2)14-6-4-12(5-7-14)13-8-10-15(17)11-9-13/h8-12,14,16H,3-7,18H2,1-2H3/t12-,14-,16?. The van der Waals surface area contributed by atoms with Crippen LogP contribution in [-0.2, 0) is 0 Å². The van der Waals surface area contributed by atoms with Gasteiger partial charge >= 0.3 is 0 Å². The van der Waals surface area contributed by atoms with Crippen molar-refractivity contribution in [1.82, 2.24) is 0 Å². The average molecular weight is 281 g/mol. The normalized spacial score (nSPS) is 26.6. The molecule has 1 aliphatic rings. The molecule has 1 aromatic carbocycles. The predicted octanol–water partition coefficient (Wildman–Crippen LogP) is 5.03. The summed E-state index contributed by atoms with van der Waals surface area (Å²) >= 11 is 5.96. The Balaban J connectivity index is 1.92. The molecule has 2 rings (SSSR count). The van der Waals surface area contributed by atoms with E-state index in [4.69, 9.17) is 11.6 Å². The molecule has 1 unspecified atom stereocenters. The monoisotopic (exact) mass is 280 g/mol. The Morgan fingerprint density at radius 1 is 1.17 bits per heavy atom. The van der Waals surface area contributed by atoms with E-state index in [2.05, 4.69) is 25.6 Å². The summed E-state index contributed by atoms with van der Waals surface area (Å²) in [7, 11) is 0.181. The molecule has 0 N–H and O–H groups in total. The lowest BCUT2D eigenvalue weighted by molar-refractivity contribution is 0.307. The van der Waals surface area contributed by atoms with Crippen LogP contribution in [0.15, 0.2) is 24.3 Å². The van der Waals surface area contributed by atoms with Gasteiger partial charge in [-0.15, -0.1) is 0 Å². The SMILES string of the molecule is CCC([SiH2]C)[C@H]1CC[C@H](c2ccc(Cl)cc2)CC1. The first-order valence-corrected chi connectivity index (χ1v) is 10.1. The summed E-state index contributed by atoms with van der Waals surface area (Å²) < 4.78 is 0. The van der Waals surface area contributed by atoms with Gasteiger partial charge in [-0.25, -0.2) is 0 Å². The van der Waals surface area contributed by atoms with Gasteiger partial charge in [0.2, 0.25) is 0 Å². The van der Waals surface area contributed by atoms with Crippen molar-refractivity contribution in [2.75, 3.05) is 0 Å². The molecule has 0 aliphatic heterocycles. The fourth-order valence-corrected chi connectivity index (χ4v) is 5.46. The minimum atomic E-state index is 0.181. The lowest BCUT2D eigenvalue weighted by atomic mass is 9.77. The van der Waals surface area contributed by atoms with Crippen molar-refractivity contribution in [2.45, 2.75) is 57.0 Å². The Hall–Kier alpha value is -0.273. The van der Waals surface area contributed by atoms with E-state index in [1.165, 1.54) is 37.7 Å². The molecule has 18 heavy (non-hydrogen) atoms. The van der Waals surface area contributed by atoms with E-state index in [1.54, 1.807) is 0 Å². The molecule has 0 heterocycles. The zero-order valence-corrected chi connectivity index (χ0v) is 13.8. The van der Waals surface area contributed by atoms with Crippen molar-refractivity contribution in [3.05, 3.63) is 34.9 Å². The van der Waals surface area contributed by atoms with Crippen molar-refractivity contribution in [1.29, 1.82) is 0 Å². The lowest BCUT2D eigenvalue weighted by Crippen LogP contribution is -2.20. The molecule has 0 saturated heterocycles. The molecular weight excluding hydrogens is 256 g/mol. The van der Waals surface area contributed by atoms with Crippen molar-refractivity contribution in [3.8, 4) is 0 Å². The molecule has 0 nitrogen and oxygen atoms in total. The third kappa shape index (κ3) is 3.39. The Morgan fingerprint density at radius 3 is 2.28 bits per heavy atom. The molecule has 0 amide bonds. The van der Waals surface area contributed by atoms with Crippen molar-refractivity contribution < 1.29 is 0 Å². The number of hydrogen-bond acceptors (Lipinski definition) is 0. The van der Waals surface area contributed by atoms with Crippen LogP contribution in [0.4, 0.5) is 0 Å². The van der Waals surface area contributed by atoms with Gasteiger partial charge in [0.15, 0.2) is 0 Å². The zero-order chi connectivity index (χ0) is 13.0. The van der Waals surface area contributed by atoms with E-state index in [0.717, 1.165) is 22.4 Å². The predicted molar refractivity (Wildman–Crippen MR) is 84.6 cm³/mol. The number of benzene rings is 1. The van der Waals surface area contributed by atoms with Gasteiger partial charge in [0.25, 0.3) is 0 Å². The first kappa shape index (κ1) is 14.1. The van der Waals surface area contributed by atoms with E-state index in [9.17, 15) is 0 Å². The van der Waals surface area contributed by atoms with E-state index >= 15 is 0 Å². The van der Waals surface area contributed by atoms with Crippen LogP contribution in [0.5, 0.6) is 0 Å². The zero-order valence-electron chi connectivity index (χ0n) is 11.7. The Morgan fingerprint density at radius 2 is 1.78 bits per heavy atom. The molecule has 0 aromatic heterocycles. The third-order valence-corrected chi connectivity index (χ3v) is 7.37. The first-order chi connectivity index (χ1) is 8.74. The molecule has 2 heteroatoms. The highest BCUT2D eigenvalue weighted by atomic mass is 35.5. The van der Waals surface area contributed by atoms with Gasteiger partial charge in [-0.2, -0.15) is 0 Å². The minimum absolute atomic E-state index is 0.181. The molecule has 1 aromatic rings. The second kappa shape index (κ2) is 6.77. The molecule has 0 radical (unpaired) electrons. The molecule has 0 spiro atoms. The van der Waals surface area contributed by atoms with E-state index < -0.39 is 0 Å². The van der Waals surface area contributed by atoms with Gasteiger partial charge in [-0.1, -0.05) is 43.6 Å². The van der Waals surface area contributed by atoms with Crippen LogP contribution in [0.1, 0.15) is 50.5 Å². The maximum Gasteiger partial charge on any atom is 0.0406 e. The first-order valence-electron chi connectivity index (χ1n) is 7.50. The van der Waals surface area contributed by atoms with Crippen LogP contribution >= 0.6 is 11.6 Å². The maximum atomic E-state index is 5.96. The second-order valence-electron chi connectivity index (χ2n) is 5.74. The van der Waals surface area contributed by atoms with Gasteiger partial charge in [-0.05, 0) is 60.8 Å². The summed E-state index contributed by atoms with van der Waals surface area (Å²) in [5.74, 6) is 1.82. The fraction of sp³-hybridized carbons (Fsp3) is 0.625. The highest BCUT2D eigenvalue weighted by molar-refractivity contribution is 6.35. The minimum Gasteiger partial charge on any atom is -0.0843 e. The summed E-state index contributed by atoms with van der Waals surface area (Å²) in [5.41, 5.74) is 2.59. The molecule has 1 atom stereocenters. The summed E-state index contributed by atoms with van der Waals surface area (Å²) in [6.45, 7) is 4.87. The number of rotatable bonds is 4. The van der Waals surface area contributed by atoms with Gasteiger partial charge < -0.3 is 0 Å². The molecule has 100 valence electrons. The fourth-order valence-electron chi connectivity index (χ4n) is 3.61. The molecule has 1 fully saturated rings. The van der Waals surface area contributed by atoms with Crippen LogP contribution in [0, 0.1) is 5.92 Å². The number of hydrogen-bond donors (Lipinski definition) is 0. The molecule has 0 bridgehead atoms. The number of halogens is 1. The summed E-state index contributed by atoms with van der Waals surface area (Å²) in [4.78, 5) is 0. The summed E-state index contributed by atoms with van der Waals surface area (Å²) in [6.07, 6.45) is 7.09. The van der Waals surface area contributed by atoms with Gasteiger partial charge in [0.1, 0.15) is 0 Å². The maximum absolute atomic E-state index is 5.96. The third-order valence-electron chi connectivity index (χ3n) is 4.83. The lowest BCUT2D eigenvalue weighted by Gasteiger charge is -2.33. The molecular formula is C16H25ClSi. The van der Waals surface area contributed by atoms with Crippen molar-refractivity contribution in [2.24, 2.45) is 5.92 Å². The van der Waals surface area contributed by atoms with E-state index in [-0.39, 0.29) is 9.52 Å². The van der Waals surface area contributed by atoms with Crippen LogP contribution in [0.25, 0.3) is 0 Å². The molecule has 1 aliphatic carbocycles. The second-order valence-corrected chi connectivity index (χ2v) is 8.04. The largest absolute Gasteiger partial charge is 0.0843 e. The molecule has 1 saturated carbocycles. The van der Waals surface area contributed by atoms with E-state index in [1.807, 2.05) is 12.1 Å². The topological polar surface area (TPSA) is 0 Å². The Kier molecular flexibility index (Phi) is 5.32. The Labute approximate surface area is 119 Å². The van der Waals surface area contributed by atoms with E-state index in [0.29, 0.717) is 0 Å². The van der Waals surface area contributed by atoms with Gasteiger partial charge in [0, 0.05) is 14.5 Å². The van der Waals surface area contributed by atoms with Crippen LogP contribution in [0.2, 0.25) is 17.1 Å². The Bertz CT molecular complexity index is 348. The smallest absolute Gasteiger partial charge is 0.0406 e. The summed E-state index contributed by atoms with van der Waals surface area (Å²) in [5, 5.41) is 0.857. The van der Waals surface area contributed by atoms with Gasteiger partial charge in [-0.3, -0.25) is 0 Å². The van der Waals surface area contributed by atoms with Crippen LogP contribution in [-0.4, -0.2) is 9.52 Å². The van der Waals surface area contributed by atoms with Gasteiger partial charge in [0.05, 0.1) is 0 Å². The quantitative estimate of drug-likeness (QED) is 0.679.